The summed E-state index contributed by atoms with van der Waals surface area (Å²) in [6.45, 7) is 3.03. The molecule has 0 amide bonds. The van der Waals surface area contributed by atoms with Gasteiger partial charge >= 0.3 is 0 Å². The first-order valence-electron chi connectivity index (χ1n) is 6.70. The zero-order chi connectivity index (χ0) is 15.1. The van der Waals surface area contributed by atoms with E-state index in [0.717, 1.165) is 26.1 Å². The average molecular weight is 302 g/mol. The van der Waals surface area contributed by atoms with E-state index in [1.807, 2.05) is 33.1 Å². The Labute approximate surface area is 125 Å². The lowest BCUT2D eigenvalue weighted by Gasteiger charge is -2.13. The quantitative estimate of drug-likeness (QED) is 0.721. The van der Waals surface area contributed by atoms with E-state index in [9.17, 15) is 4.79 Å². The molecule has 0 aliphatic carbocycles. The smallest absolute Gasteiger partial charge is 0.287 e. The molecule has 1 N–H and O–H groups in total. The lowest BCUT2D eigenvalue weighted by molar-refractivity contribution is 0.367. The maximum absolute atomic E-state index is 12.0. The molecule has 0 radical (unpaired) electrons. The van der Waals surface area contributed by atoms with Crippen molar-refractivity contribution in [3.05, 3.63) is 21.6 Å². The van der Waals surface area contributed by atoms with Crippen LogP contribution in [-0.2, 0) is 6.54 Å². The van der Waals surface area contributed by atoms with Gasteiger partial charge in [0.1, 0.15) is 5.02 Å². The molecule has 1 aromatic rings. The number of hydrogen-bond donors (Lipinski definition) is 1. The van der Waals surface area contributed by atoms with Crippen LogP contribution < -0.4 is 10.9 Å². The van der Waals surface area contributed by atoms with Crippen LogP contribution in [-0.4, -0.2) is 67.4 Å². The summed E-state index contributed by atoms with van der Waals surface area (Å²) in [5, 5.41) is 7.51. The Morgan fingerprint density at radius 1 is 1.25 bits per heavy atom. The van der Waals surface area contributed by atoms with Gasteiger partial charge in [-0.05, 0) is 41.2 Å². The molecule has 0 aliphatic rings. The topological polar surface area (TPSA) is 53.4 Å². The van der Waals surface area contributed by atoms with Crippen molar-refractivity contribution in [1.82, 2.24) is 19.6 Å². The van der Waals surface area contributed by atoms with Gasteiger partial charge in [0.05, 0.1) is 18.4 Å². The van der Waals surface area contributed by atoms with E-state index in [4.69, 9.17) is 11.6 Å². The molecule has 7 heteroatoms. The zero-order valence-corrected chi connectivity index (χ0v) is 13.4. The summed E-state index contributed by atoms with van der Waals surface area (Å²) in [5.74, 6) is 0. The number of likely N-dealkylation sites (N-methyl/N-ethyl adjacent to an activating group) is 1. The highest BCUT2D eigenvalue weighted by molar-refractivity contribution is 6.32. The Kier molecular flexibility index (Phi) is 6.98. The monoisotopic (exact) mass is 301 g/mol. The minimum atomic E-state index is -0.244. The summed E-state index contributed by atoms with van der Waals surface area (Å²) in [5.41, 5.74) is 0.364. The van der Waals surface area contributed by atoms with Crippen molar-refractivity contribution >= 4 is 17.3 Å². The van der Waals surface area contributed by atoms with E-state index in [0.29, 0.717) is 12.2 Å². The minimum Gasteiger partial charge on any atom is -0.382 e. The van der Waals surface area contributed by atoms with Crippen LogP contribution in [0.1, 0.15) is 6.42 Å². The molecule has 0 unspecified atom stereocenters. The second-order valence-electron chi connectivity index (χ2n) is 5.29. The largest absolute Gasteiger partial charge is 0.382 e. The Morgan fingerprint density at radius 2 is 1.90 bits per heavy atom. The Balaban J connectivity index is 2.62. The Hall–Kier alpha value is -1.11. The van der Waals surface area contributed by atoms with E-state index in [1.165, 1.54) is 4.68 Å². The van der Waals surface area contributed by atoms with Crippen LogP contribution in [0.4, 0.5) is 5.69 Å². The molecule has 0 aromatic carbocycles. The average Bonchev–Trinajstić information content (AvgIpc) is 2.37. The summed E-state index contributed by atoms with van der Waals surface area (Å²) >= 11 is 6.10. The predicted molar refractivity (Wildman–Crippen MR) is 83.7 cm³/mol. The first kappa shape index (κ1) is 16.9. The molecule has 6 nitrogen and oxygen atoms in total. The van der Waals surface area contributed by atoms with E-state index < -0.39 is 0 Å². The highest BCUT2D eigenvalue weighted by Crippen LogP contribution is 2.14. The van der Waals surface area contributed by atoms with Gasteiger partial charge in [0.15, 0.2) is 0 Å². The summed E-state index contributed by atoms with van der Waals surface area (Å²) in [7, 11) is 7.96. The number of anilines is 1. The third kappa shape index (κ3) is 5.48. The molecule has 1 rings (SSSR count). The molecule has 0 spiro atoms. The summed E-state index contributed by atoms with van der Waals surface area (Å²) in [6, 6.07) is 0. The first-order valence-corrected chi connectivity index (χ1v) is 7.08. The predicted octanol–water partition coefficient (Wildman–Crippen LogP) is 0.822. The van der Waals surface area contributed by atoms with Crippen LogP contribution in [0.25, 0.3) is 0 Å². The summed E-state index contributed by atoms with van der Waals surface area (Å²) in [6.07, 6.45) is 2.60. The van der Waals surface area contributed by atoms with Crippen molar-refractivity contribution in [2.45, 2.75) is 13.0 Å². The van der Waals surface area contributed by atoms with Gasteiger partial charge in [0.2, 0.25) is 0 Å². The fraction of sp³-hybridized carbons (Fsp3) is 0.692. The molecule has 0 saturated carbocycles. The van der Waals surface area contributed by atoms with Crippen molar-refractivity contribution in [2.24, 2.45) is 0 Å². The van der Waals surface area contributed by atoms with Crippen molar-refractivity contribution in [3.63, 3.8) is 0 Å². The number of hydrogen-bond acceptors (Lipinski definition) is 5. The van der Waals surface area contributed by atoms with Gasteiger partial charge in [-0.25, -0.2) is 4.68 Å². The molecule has 114 valence electrons. The second-order valence-corrected chi connectivity index (χ2v) is 5.67. The third-order valence-corrected chi connectivity index (χ3v) is 3.21. The number of aromatic nitrogens is 2. The molecule has 20 heavy (non-hydrogen) atoms. The molecule has 1 aromatic heterocycles. The zero-order valence-electron chi connectivity index (χ0n) is 12.7. The van der Waals surface area contributed by atoms with Gasteiger partial charge in [0.25, 0.3) is 5.56 Å². The first-order chi connectivity index (χ1) is 9.41. The van der Waals surface area contributed by atoms with Gasteiger partial charge in [-0.15, -0.1) is 0 Å². The van der Waals surface area contributed by atoms with E-state index >= 15 is 0 Å². The highest BCUT2D eigenvalue weighted by atomic mass is 35.5. The van der Waals surface area contributed by atoms with Crippen LogP contribution in [0.2, 0.25) is 5.02 Å². The molecule has 0 atom stereocenters. The maximum Gasteiger partial charge on any atom is 0.287 e. The SMILES string of the molecule is CN(C)CCCNc1cnn(CCN(C)C)c(=O)c1Cl. The van der Waals surface area contributed by atoms with Crippen LogP contribution in [0, 0.1) is 0 Å². The van der Waals surface area contributed by atoms with Crippen molar-refractivity contribution in [2.75, 3.05) is 53.1 Å². The second kappa shape index (κ2) is 8.24. The van der Waals surface area contributed by atoms with Gasteiger partial charge < -0.3 is 15.1 Å². The minimum absolute atomic E-state index is 0.212. The van der Waals surface area contributed by atoms with Gasteiger partial charge in [0, 0.05) is 13.1 Å². The third-order valence-electron chi connectivity index (χ3n) is 2.84. The molecule has 0 aliphatic heterocycles. The van der Waals surface area contributed by atoms with Crippen molar-refractivity contribution < 1.29 is 0 Å². The lowest BCUT2D eigenvalue weighted by atomic mass is 10.3. The number of rotatable bonds is 8. The fourth-order valence-electron chi connectivity index (χ4n) is 1.66. The van der Waals surface area contributed by atoms with Crippen LogP contribution in [0.5, 0.6) is 0 Å². The van der Waals surface area contributed by atoms with Crippen LogP contribution in [0.15, 0.2) is 11.0 Å². The van der Waals surface area contributed by atoms with E-state index in [1.54, 1.807) is 6.20 Å². The highest BCUT2D eigenvalue weighted by Gasteiger charge is 2.09. The fourth-order valence-corrected chi connectivity index (χ4v) is 1.87. The van der Waals surface area contributed by atoms with Crippen LogP contribution in [0.3, 0.4) is 0 Å². The van der Waals surface area contributed by atoms with E-state index in [-0.39, 0.29) is 10.6 Å². The standard InChI is InChI=1S/C13H24ClN5O/c1-17(2)7-5-6-15-11-10-16-19(9-8-18(3)4)13(20)12(11)14/h10,15H,5-9H2,1-4H3. The molecule has 1 heterocycles. The normalized spacial score (nSPS) is 11.3. The Bertz CT molecular complexity index is 472. The molecule has 0 bridgehead atoms. The van der Waals surface area contributed by atoms with Crippen molar-refractivity contribution in [3.8, 4) is 0 Å². The number of nitrogens with one attached hydrogen (secondary N) is 1. The summed E-state index contributed by atoms with van der Waals surface area (Å²) < 4.78 is 1.40. The maximum atomic E-state index is 12.0. The summed E-state index contributed by atoms with van der Waals surface area (Å²) in [4.78, 5) is 16.2. The van der Waals surface area contributed by atoms with Gasteiger partial charge in [-0.1, -0.05) is 11.6 Å². The molecular formula is C13H24ClN5O. The Morgan fingerprint density at radius 3 is 2.50 bits per heavy atom. The van der Waals surface area contributed by atoms with Gasteiger partial charge in [-0.2, -0.15) is 5.10 Å². The molecule has 0 fully saturated rings. The lowest BCUT2D eigenvalue weighted by Crippen LogP contribution is -2.29. The van der Waals surface area contributed by atoms with Gasteiger partial charge in [-0.3, -0.25) is 4.79 Å². The number of nitrogens with zero attached hydrogens (tertiary/aromatic N) is 4. The molecular weight excluding hydrogens is 278 g/mol. The number of halogens is 1. The van der Waals surface area contributed by atoms with Crippen LogP contribution >= 0.6 is 11.6 Å². The van der Waals surface area contributed by atoms with Crippen molar-refractivity contribution in [1.29, 1.82) is 0 Å². The molecule has 0 saturated heterocycles. The van der Waals surface area contributed by atoms with E-state index in [2.05, 4.69) is 15.3 Å².